The number of carbonyl (C=O) groups excluding carboxylic acids is 1. The van der Waals surface area contributed by atoms with E-state index in [0.717, 1.165) is 6.08 Å². The summed E-state index contributed by atoms with van der Waals surface area (Å²) < 4.78 is 4.57. The number of esters is 1. The molecule has 0 amide bonds. The SMILES string of the molecule is CCOC(=O)C=C[C@@H](N)CC(=O)O. The number of hydrogen-bond acceptors (Lipinski definition) is 4. The molecule has 13 heavy (non-hydrogen) atoms. The molecule has 3 N–H and O–H groups in total. The Morgan fingerprint density at radius 1 is 1.62 bits per heavy atom. The van der Waals surface area contributed by atoms with Crippen molar-refractivity contribution in [3.63, 3.8) is 0 Å². The zero-order valence-electron chi connectivity index (χ0n) is 7.40. The quantitative estimate of drug-likeness (QED) is 0.463. The summed E-state index contributed by atoms with van der Waals surface area (Å²) in [7, 11) is 0. The lowest BCUT2D eigenvalue weighted by Crippen LogP contribution is -2.21. The Morgan fingerprint density at radius 2 is 2.23 bits per heavy atom. The molecule has 0 aliphatic heterocycles. The van der Waals surface area contributed by atoms with Crippen LogP contribution in [0.3, 0.4) is 0 Å². The third kappa shape index (κ3) is 7.02. The second-order valence-corrected chi connectivity index (χ2v) is 2.37. The van der Waals surface area contributed by atoms with Crippen LogP contribution < -0.4 is 5.73 Å². The number of rotatable bonds is 5. The Labute approximate surface area is 76.2 Å². The van der Waals surface area contributed by atoms with E-state index in [2.05, 4.69) is 4.74 Å². The summed E-state index contributed by atoms with van der Waals surface area (Å²) in [4.78, 5) is 20.9. The van der Waals surface area contributed by atoms with Gasteiger partial charge in [0.05, 0.1) is 13.0 Å². The Bertz CT molecular complexity index is 212. The largest absolute Gasteiger partial charge is 0.481 e. The first kappa shape index (κ1) is 11.6. The van der Waals surface area contributed by atoms with Gasteiger partial charge in [-0.3, -0.25) is 4.79 Å². The normalized spacial score (nSPS) is 12.8. The monoisotopic (exact) mass is 187 g/mol. The van der Waals surface area contributed by atoms with E-state index >= 15 is 0 Å². The van der Waals surface area contributed by atoms with Crippen molar-refractivity contribution in [1.29, 1.82) is 0 Å². The van der Waals surface area contributed by atoms with Gasteiger partial charge in [0, 0.05) is 12.1 Å². The van der Waals surface area contributed by atoms with E-state index in [-0.39, 0.29) is 13.0 Å². The molecule has 0 radical (unpaired) electrons. The molecule has 5 heteroatoms. The van der Waals surface area contributed by atoms with Crippen molar-refractivity contribution in [2.24, 2.45) is 5.73 Å². The van der Waals surface area contributed by atoms with Gasteiger partial charge in [0.25, 0.3) is 0 Å². The van der Waals surface area contributed by atoms with Gasteiger partial charge in [-0.15, -0.1) is 0 Å². The van der Waals surface area contributed by atoms with Gasteiger partial charge in [-0.05, 0) is 6.92 Å². The van der Waals surface area contributed by atoms with E-state index < -0.39 is 18.0 Å². The Kier molecular flexibility index (Phi) is 5.54. The van der Waals surface area contributed by atoms with E-state index in [1.165, 1.54) is 6.08 Å². The summed E-state index contributed by atoms with van der Waals surface area (Å²) in [6.07, 6.45) is 2.25. The lowest BCUT2D eigenvalue weighted by atomic mass is 10.2. The molecule has 0 fully saturated rings. The Morgan fingerprint density at radius 3 is 2.69 bits per heavy atom. The first-order valence-corrected chi connectivity index (χ1v) is 3.88. The van der Waals surface area contributed by atoms with Crippen LogP contribution in [0.4, 0.5) is 0 Å². The lowest BCUT2D eigenvalue weighted by molar-refractivity contribution is -0.138. The van der Waals surface area contributed by atoms with Gasteiger partial charge in [-0.2, -0.15) is 0 Å². The highest BCUT2D eigenvalue weighted by Gasteiger charge is 2.04. The fourth-order valence-electron chi connectivity index (χ4n) is 0.662. The van der Waals surface area contributed by atoms with E-state index in [1.54, 1.807) is 6.92 Å². The zero-order chi connectivity index (χ0) is 10.3. The van der Waals surface area contributed by atoms with Crippen molar-refractivity contribution in [1.82, 2.24) is 0 Å². The Balaban J connectivity index is 3.82. The molecule has 0 unspecified atom stereocenters. The molecular formula is C8H13NO4. The molecule has 0 heterocycles. The number of aliphatic carboxylic acids is 1. The van der Waals surface area contributed by atoms with E-state index in [1.807, 2.05) is 0 Å². The van der Waals surface area contributed by atoms with Crippen molar-refractivity contribution < 1.29 is 19.4 Å². The van der Waals surface area contributed by atoms with Gasteiger partial charge >= 0.3 is 11.9 Å². The molecule has 0 aromatic heterocycles. The summed E-state index contributed by atoms with van der Waals surface area (Å²) in [5.74, 6) is -1.51. The molecule has 0 saturated heterocycles. The van der Waals surface area contributed by atoms with Crippen LogP contribution in [0.2, 0.25) is 0 Å². The fourth-order valence-corrected chi connectivity index (χ4v) is 0.662. The molecule has 0 saturated carbocycles. The molecule has 0 rings (SSSR count). The van der Waals surface area contributed by atoms with Gasteiger partial charge in [0.15, 0.2) is 0 Å². The minimum absolute atomic E-state index is 0.199. The van der Waals surface area contributed by atoms with Gasteiger partial charge in [0.2, 0.25) is 0 Å². The number of nitrogens with two attached hydrogens (primary N) is 1. The Hall–Kier alpha value is -1.36. The van der Waals surface area contributed by atoms with Crippen molar-refractivity contribution in [2.45, 2.75) is 19.4 Å². The van der Waals surface area contributed by atoms with Gasteiger partial charge < -0.3 is 15.6 Å². The summed E-state index contributed by atoms with van der Waals surface area (Å²) in [6, 6.07) is -0.651. The van der Waals surface area contributed by atoms with Crippen molar-refractivity contribution in [3.05, 3.63) is 12.2 Å². The van der Waals surface area contributed by atoms with Crippen LogP contribution >= 0.6 is 0 Å². The molecule has 0 spiro atoms. The highest BCUT2D eigenvalue weighted by Crippen LogP contribution is 1.91. The van der Waals surface area contributed by atoms with Gasteiger partial charge in [-0.25, -0.2) is 4.79 Å². The molecule has 0 aliphatic rings. The van der Waals surface area contributed by atoms with E-state index in [4.69, 9.17) is 10.8 Å². The van der Waals surface area contributed by atoms with Crippen LogP contribution in [0.1, 0.15) is 13.3 Å². The van der Waals surface area contributed by atoms with Crippen LogP contribution in [0.5, 0.6) is 0 Å². The molecule has 5 nitrogen and oxygen atoms in total. The van der Waals surface area contributed by atoms with E-state index in [9.17, 15) is 9.59 Å². The van der Waals surface area contributed by atoms with Crippen LogP contribution in [-0.2, 0) is 14.3 Å². The predicted molar refractivity (Wildman–Crippen MR) is 46.0 cm³/mol. The maximum atomic E-state index is 10.7. The molecular weight excluding hydrogens is 174 g/mol. The van der Waals surface area contributed by atoms with Crippen LogP contribution in [-0.4, -0.2) is 29.7 Å². The van der Waals surface area contributed by atoms with Crippen LogP contribution in [0, 0.1) is 0 Å². The summed E-state index contributed by atoms with van der Waals surface area (Å²) in [5.41, 5.74) is 5.34. The molecule has 0 aliphatic carbocycles. The molecule has 0 aromatic rings. The second-order valence-electron chi connectivity index (χ2n) is 2.37. The van der Waals surface area contributed by atoms with Crippen molar-refractivity contribution in [2.75, 3.05) is 6.61 Å². The van der Waals surface area contributed by atoms with E-state index in [0.29, 0.717) is 0 Å². The average Bonchev–Trinajstić information content (AvgIpc) is 2.00. The maximum Gasteiger partial charge on any atom is 0.330 e. The number of carbonyl (C=O) groups is 2. The zero-order valence-corrected chi connectivity index (χ0v) is 7.40. The van der Waals surface area contributed by atoms with Crippen molar-refractivity contribution in [3.8, 4) is 0 Å². The third-order valence-electron chi connectivity index (χ3n) is 1.18. The molecule has 1 atom stereocenters. The number of carboxylic acids is 1. The standard InChI is InChI=1S/C8H13NO4/c1-2-13-8(12)4-3-6(9)5-7(10)11/h3-4,6H,2,5,9H2,1H3,(H,10,11)/t6-/m1/s1. The smallest absolute Gasteiger partial charge is 0.330 e. The highest BCUT2D eigenvalue weighted by molar-refractivity contribution is 5.82. The summed E-state index contributed by atoms with van der Waals surface area (Å²) >= 11 is 0. The summed E-state index contributed by atoms with van der Waals surface area (Å²) in [6.45, 7) is 1.97. The lowest BCUT2D eigenvalue weighted by Gasteiger charge is -2.00. The minimum atomic E-state index is -0.999. The maximum absolute atomic E-state index is 10.7. The van der Waals surface area contributed by atoms with Gasteiger partial charge in [-0.1, -0.05) is 6.08 Å². The molecule has 0 aromatic carbocycles. The highest BCUT2D eigenvalue weighted by atomic mass is 16.5. The van der Waals surface area contributed by atoms with Crippen LogP contribution in [0.15, 0.2) is 12.2 Å². The minimum Gasteiger partial charge on any atom is -0.481 e. The first-order chi connectivity index (χ1) is 6.06. The topological polar surface area (TPSA) is 89.6 Å². The first-order valence-electron chi connectivity index (χ1n) is 3.88. The van der Waals surface area contributed by atoms with Crippen LogP contribution in [0.25, 0.3) is 0 Å². The number of hydrogen-bond donors (Lipinski definition) is 2. The summed E-state index contributed by atoms with van der Waals surface area (Å²) in [5, 5.41) is 8.32. The third-order valence-corrected chi connectivity index (χ3v) is 1.18. The fraction of sp³-hybridized carbons (Fsp3) is 0.500. The molecule has 0 bridgehead atoms. The average molecular weight is 187 g/mol. The number of carboxylic acid groups (broad SMARTS) is 1. The number of ether oxygens (including phenoxy) is 1. The van der Waals surface area contributed by atoms with Crippen molar-refractivity contribution >= 4 is 11.9 Å². The predicted octanol–water partition coefficient (Wildman–Crippen LogP) is -0.0923. The molecule has 74 valence electrons. The van der Waals surface area contributed by atoms with Gasteiger partial charge in [0.1, 0.15) is 0 Å². The second kappa shape index (κ2) is 6.19.